The molecule has 3 N–H and O–H groups in total. The molecule has 0 spiro atoms. The van der Waals surface area contributed by atoms with Crippen LogP contribution in [0.2, 0.25) is 0 Å². The number of fused-ring (bicyclic) bond motifs is 1. The van der Waals surface area contributed by atoms with Crippen molar-refractivity contribution in [2.75, 3.05) is 38.2 Å². The number of rotatable bonds is 9. The zero-order chi connectivity index (χ0) is 35.6. The molecule has 1 atom stereocenters. The summed E-state index contributed by atoms with van der Waals surface area (Å²) in [5, 5.41) is 5.26. The molecule has 3 aromatic carbocycles. The number of hydrogen-bond acceptors (Lipinski definition) is 8. The molecule has 4 amide bonds. The number of anilines is 1. The van der Waals surface area contributed by atoms with E-state index in [4.69, 9.17) is 4.74 Å². The Morgan fingerprint density at radius 2 is 1.65 bits per heavy atom. The first kappa shape index (κ1) is 36.4. The summed E-state index contributed by atoms with van der Waals surface area (Å²) in [6.07, 6.45) is 2.44. The van der Waals surface area contributed by atoms with Gasteiger partial charge in [0, 0.05) is 56.0 Å². The second-order valence-electron chi connectivity index (χ2n) is 12.8. The number of carbonyl (C=O) groups excluding carboxylic acids is 5. The van der Waals surface area contributed by atoms with Gasteiger partial charge in [0.1, 0.15) is 5.60 Å². The van der Waals surface area contributed by atoms with E-state index < -0.39 is 23.4 Å². The van der Waals surface area contributed by atoms with Crippen molar-refractivity contribution in [1.29, 1.82) is 0 Å². The lowest BCUT2D eigenvalue weighted by atomic mass is 9.97. The zero-order valence-corrected chi connectivity index (χ0v) is 28.7. The molecule has 260 valence electrons. The van der Waals surface area contributed by atoms with Gasteiger partial charge in [-0.3, -0.25) is 25.2 Å². The molecule has 1 heterocycles. The van der Waals surface area contributed by atoms with Crippen molar-refractivity contribution in [2.24, 2.45) is 0 Å². The van der Waals surface area contributed by atoms with Gasteiger partial charge in [-0.2, -0.15) is 0 Å². The largest absolute Gasteiger partial charge is 0.466 e. The first-order valence-electron chi connectivity index (χ1n) is 16.3. The maximum atomic E-state index is 13.8. The van der Waals surface area contributed by atoms with Gasteiger partial charge in [0.15, 0.2) is 0 Å². The number of aryl methyl sites for hydroxylation is 1. The number of nitrogens with zero attached hydrogens (tertiary/aromatic N) is 2. The summed E-state index contributed by atoms with van der Waals surface area (Å²) in [7, 11) is 1.19. The Morgan fingerprint density at radius 1 is 0.898 bits per heavy atom. The highest BCUT2D eigenvalue weighted by molar-refractivity contribution is 5.97. The van der Waals surface area contributed by atoms with Gasteiger partial charge in [0.25, 0.3) is 11.8 Å². The molecule has 1 saturated heterocycles. The van der Waals surface area contributed by atoms with Crippen molar-refractivity contribution in [3.8, 4) is 0 Å². The molecule has 1 unspecified atom stereocenters. The summed E-state index contributed by atoms with van der Waals surface area (Å²) in [6.45, 7) is 9.75. The van der Waals surface area contributed by atoms with Crippen LogP contribution in [0.5, 0.6) is 0 Å². The number of nitrogens with one attached hydrogen (secondary N) is 3. The molecule has 4 rings (SSSR count). The van der Waals surface area contributed by atoms with E-state index in [1.54, 1.807) is 11.0 Å². The topological polar surface area (TPSA) is 146 Å². The van der Waals surface area contributed by atoms with E-state index >= 15 is 0 Å². The number of hydrogen-bond donors (Lipinski definition) is 3. The third kappa shape index (κ3) is 10.6. The SMILES string of the molecule is COC(=O)/C=C/C(=O)NNC(=O)CCc1cc(N2CCCN(C(=O)OC(C)(C)C)CC2)ccc1C(=O)NC(C)c1cccc2ccccc12. The lowest BCUT2D eigenvalue weighted by Gasteiger charge is -2.27. The zero-order valence-electron chi connectivity index (χ0n) is 28.7. The summed E-state index contributed by atoms with van der Waals surface area (Å²) >= 11 is 0. The van der Waals surface area contributed by atoms with Gasteiger partial charge in [-0.15, -0.1) is 0 Å². The van der Waals surface area contributed by atoms with Gasteiger partial charge >= 0.3 is 12.1 Å². The molecule has 0 radical (unpaired) electrons. The third-order valence-corrected chi connectivity index (χ3v) is 8.00. The Labute approximate surface area is 286 Å². The monoisotopic (exact) mass is 671 g/mol. The van der Waals surface area contributed by atoms with Crippen LogP contribution in [0.1, 0.15) is 68.1 Å². The Kier molecular flexibility index (Phi) is 12.4. The smallest absolute Gasteiger partial charge is 0.410 e. The summed E-state index contributed by atoms with van der Waals surface area (Å²) in [6, 6.07) is 19.3. The fourth-order valence-electron chi connectivity index (χ4n) is 5.57. The van der Waals surface area contributed by atoms with Gasteiger partial charge < -0.3 is 24.6 Å². The molecule has 1 aliphatic heterocycles. The second kappa shape index (κ2) is 16.6. The molecule has 1 aliphatic rings. The van der Waals surface area contributed by atoms with Crippen molar-refractivity contribution in [3.05, 3.63) is 89.5 Å². The highest BCUT2D eigenvalue weighted by Crippen LogP contribution is 2.27. The average Bonchev–Trinajstić information content (AvgIpc) is 3.34. The second-order valence-corrected chi connectivity index (χ2v) is 12.8. The van der Waals surface area contributed by atoms with E-state index in [-0.39, 0.29) is 30.9 Å². The fourth-order valence-corrected chi connectivity index (χ4v) is 5.57. The number of ether oxygens (including phenoxy) is 2. The molecule has 49 heavy (non-hydrogen) atoms. The lowest BCUT2D eigenvalue weighted by Crippen LogP contribution is -2.41. The van der Waals surface area contributed by atoms with Crippen molar-refractivity contribution in [2.45, 2.75) is 58.6 Å². The van der Waals surface area contributed by atoms with Crippen LogP contribution in [0.25, 0.3) is 10.8 Å². The molecule has 0 aromatic heterocycles. The average molecular weight is 672 g/mol. The van der Waals surface area contributed by atoms with Gasteiger partial charge in [-0.25, -0.2) is 9.59 Å². The van der Waals surface area contributed by atoms with Gasteiger partial charge in [-0.05, 0) is 80.6 Å². The van der Waals surface area contributed by atoms with Crippen LogP contribution in [-0.2, 0) is 30.3 Å². The quantitative estimate of drug-likeness (QED) is 0.170. The molecule has 0 bridgehead atoms. The van der Waals surface area contributed by atoms with E-state index in [2.05, 4.69) is 25.8 Å². The highest BCUT2D eigenvalue weighted by Gasteiger charge is 2.25. The minimum absolute atomic E-state index is 0.0317. The number of amides is 4. The number of esters is 1. The molecule has 1 fully saturated rings. The minimum Gasteiger partial charge on any atom is -0.466 e. The number of hydrazine groups is 1. The van der Waals surface area contributed by atoms with Gasteiger partial charge in [0.2, 0.25) is 5.91 Å². The van der Waals surface area contributed by atoms with Crippen molar-refractivity contribution < 1.29 is 33.4 Å². The van der Waals surface area contributed by atoms with Crippen LogP contribution in [0.4, 0.5) is 10.5 Å². The molecular weight excluding hydrogens is 626 g/mol. The van der Waals surface area contributed by atoms with Gasteiger partial charge in [-0.1, -0.05) is 42.5 Å². The number of methoxy groups -OCH3 is 1. The van der Waals surface area contributed by atoms with Crippen LogP contribution < -0.4 is 21.1 Å². The molecule has 0 saturated carbocycles. The minimum atomic E-state index is -0.705. The summed E-state index contributed by atoms with van der Waals surface area (Å²) in [4.78, 5) is 66.3. The Hall–Kier alpha value is -5.39. The third-order valence-electron chi connectivity index (χ3n) is 8.00. The first-order valence-corrected chi connectivity index (χ1v) is 16.3. The van der Waals surface area contributed by atoms with Gasteiger partial charge in [0.05, 0.1) is 13.2 Å². The van der Waals surface area contributed by atoms with E-state index in [1.165, 1.54) is 7.11 Å². The maximum absolute atomic E-state index is 13.8. The van der Waals surface area contributed by atoms with E-state index in [0.29, 0.717) is 37.3 Å². The van der Waals surface area contributed by atoms with E-state index in [1.807, 2.05) is 82.3 Å². The molecule has 12 nitrogen and oxygen atoms in total. The highest BCUT2D eigenvalue weighted by atomic mass is 16.6. The predicted molar refractivity (Wildman–Crippen MR) is 187 cm³/mol. The van der Waals surface area contributed by atoms with Crippen molar-refractivity contribution in [3.63, 3.8) is 0 Å². The predicted octanol–water partition coefficient (Wildman–Crippen LogP) is 4.59. The molecular formula is C37H45N5O7. The fraction of sp³-hybridized carbons (Fsp3) is 0.378. The number of benzene rings is 3. The summed E-state index contributed by atoms with van der Waals surface area (Å²) in [5.41, 5.74) is 6.90. The first-order chi connectivity index (χ1) is 23.3. The summed E-state index contributed by atoms with van der Waals surface area (Å²) in [5.74, 6) is -2.17. The molecule has 3 aromatic rings. The Balaban J connectivity index is 1.51. The molecule has 0 aliphatic carbocycles. The van der Waals surface area contributed by atoms with E-state index in [9.17, 15) is 24.0 Å². The molecule has 12 heteroatoms. The Bertz CT molecular complexity index is 1710. The van der Waals surface area contributed by atoms with Crippen LogP contribution in [0.3, 0.4) is 0 Å². The normalized spacial score (nSPS) is 14.1. The van der Waals surface area contributed by atoms with Crippen molar-refractivity contribution >= 4 is 46.2 Å². The Morgan fingerprint density at radius 3 is 2.41 bits per heavy atom. The maximum Gasteiger partial charge on any atom is 0.410 e. The van der Waals surface area contributed by atoms with Crippen LogP contribution in [0, 0.1) is 0 Å². The summed E-state index contributed by atoms with van der Waals surface area (Å²) < 4.78 is 10.0. The van der Waals surface area contributed by atoms with Crippen LogP contribution in [-0.4, -0.2) is 73.6 Å². The van der Waals surface area contributed by atoms with Crippen LogP contribution >= 0.6 is 0 Å². The van der Waals surface area contributed by atoms with Crippen LogP contribution in [0.15, 0.2) is 72.8 Å². The number of carbonyl (C=O) groups is 5. The van der Waals surface area contributed by atoms with Crippen molar-refractivity contribution in [1.82, 2.24) is 21.1 Å². The van der Waals surface area contributed by atoms with E-state index in [0.717, 1.165) is 40.6 Å². The lowest BCUT2D eigenvalue weighted by molar-refractivity contribution is -0.135. The standard InChI is InChI=1S/C37H45N5O7/c1-25(29-13-8-11-26-10-6-7-12-30(26)29)38-35(46)31-16-15-28(41-20-9-21-42(23-22-41)36(47)49-37(2,3)4)24-27(31)14-17-32(43)39-40-33(44)18-19-34(45)48-5/h6-8,10-13,15-16,18-19,24-25H,9,14,17,20-23H2,1-5H3,(H,38,46)(H,39,43)(H,40,44)/b19-18+.